The standard InChI is InChI=1S/C9H11ClN2/c10-9-3-1-7(2-4-9)8-5-11-12-6-8/h1-4,8,11-12H,5-6H2. The van der Waals surface area contributed by atoms with Crippen LogP contribution < -0.4 is 10.9 Å². The van der Waals surface area contributed by atoms with Crippen molar-refractivity contribution in [3.63, 3.8) is 0 Å². The van der Waals surface area contributed by atoms with Crippen molar-refractivity contribution in [3.8, 4) is 0 Å². The highest BCUT2D eigenvalue weighted by Gasteiger charge is 2.15. The molecule has 1 aliphatic heterocycles. The van der Waals surface area contributed by atoms with Crippen molar-refractivity contribution in [3.05, 3.63) is 34.9 Å². The summed E-state index contributed by atoms with van der Waals surface area (Å²) in [4.78, 5) is 0. The fraction of sp³-hybridized carbons (Fsp3) is 0.333. The SMILES string of the molecule is Clc1ccc(C2CNNC2)cc1. The van der Waals surface area contributed by atoms with E-state index in [4.69, 9.17) is 11.6 Å². The van der Waals surface area contributed by atoms with Gasteiger partial charge in [-0.2, -0.15) is 0 Å². The summed E-state index contributed by atoms with van der Waals surface area (Å²) >= 11 is 5.79. The number of benzene rings is 1. The van der Waals surface area contributed by atoms with Crippen LogP contribution in [0.1, 0.15) is 11.5 Å². The number of hydrogen-bond donors (Lipinski definition) is 2. The van der Waals surface area contributed by atoms with Crippen LogP contribution in [0.4, 0.5) is 0 Å². The van der Waals surface area contributed by atoms with E-state index in [1.54, 1.807) is 0 Å². The summed E-state index contributed by atoms with van der Waals surface area (Å²) in [6, 6.07) is 8.05. The van der Waals surface area contributed by atoms with E-state index in [0.717, 1.165) is 18.1 Å². The maximum absolute atomic E-state index is 5.79. The zero-order valence-corrected chi connectivity index (χ0v) is 7.43. The fourth-order valence-electron chi connectivity index (χ4n) is 1.43. The summed E-state index contributed by atoms with van der Waals surface area (Å²) in [6.45, 7) is 2.00. The maximum Gasteiger partial charge on any atom is 0.0406 e. The lowest BCUT2D eigenvalue weighted by molar-refractivity contribution is 0.689. The average Bonchev–Trinajstić information content (AvgIpc) is 2.58. The van der Waals surface area contributed by atoms with E-state index < -0.39 is 0 Å². The van der Waals surface area contributed by atoms with Gasteiger partial charge in [0.2, 0.25) is 0 Å². The van der Waals surface area contributed by atoms with Crippen LogP contribution in [0, 0.1) is 0 Å². The third-order valence-corrected chi connectivity index (χ3v) is 2.42. The molecule has 0 atom stereocenters. The van der Waals surface area contributed by atoms with E-state index in [-0.39, 0.29) is 0 Å². The second-order valence-electron chi connectivity index (χ2n) is 3.01. The van der Waals surface area contributed by atoms with E-state index in [2.05, 4.69) is 23.0 Å². The molecular formula is C9H11ClN2. The Balaban J connectivity index is 2.17. The monoisotopic (exact) mass is 182 g/mol. The molecule has 1 fully saturated rings. The summed E-state index contributed by atoms with van der Waals surface area (Å²) in [5.41, 5.74) is 7.55. The molecule has 12 heavy (non-hydrogen) atoms. The van der Waals surface area contributed by atoms with E-state index in [0.29, 0.717) is 5.92 Å². The van der Waals surface area contributed by atoms with Crippen LogP contribution in [0.25, 0.3) is 0 Å². The molecule has 1 aliphatic rings. The Morgan fingerprint density at radius 3 is 2.25 bits per heavy atom. The second kappa shape index (κ2) is 3.44. The normalized spacial score (nSPS) is 18.4. The summed E-state index contributed by atoms with van der Waals surface area (Å²) in [5.74, 6) is 0.585. The molecule has 2 nitrogen and oxygen atoms in total. The quantitative estimate of drug-likeness (QED) is 0.689. The van der Waals surface area contributed by atoms with Crippen LogP contribution in [0.5, 0.6) is 0 Å². The van der Waals surface area contributed by atoms with Gasteiger partial charge < -0.3 is 0 Å². The van der Waals surface area contributed by atoms with Crippen LogP contribution in [0.15, 0.2) is 24.3 Å². The molecule has 2 N–H and O–H groups in total. The van der Waals surface area contributed by atoms with Crippen LogP contribution in [0.3, 0.4) is 0 Å². The lowest BCUT2D eigenvalue weighted by Crippen LogP contribution is -2.21. The zero-order valence-electron chi connectivity index (χ0n) is 6.68. The first-order valence-corrected chi connectivity index (χ1v) is 4.45. The van der Waals surface area contributed by atoms with Crippen molar-refractivity contribution in [2.75, 3.05) is 13.1 Å². The highest BCUT2D eigenvalue weighted by atomic mass is 35.5. The third kappa shape index (κ3) is 1.61. The lowest BCUT2D eigenvalue weighted by Gasteiger charge is -2.06. The smallest absolute Gasteiger partial charge is 0.0406 e. The van der Waals surface area contributed by atoms with Crippen LogP contribution in [-0.2, 0) is 0 Å². The van der Waals surface area contributed by atoms with Gasteiger partial charge in [-0.3, -0.25) is 10.9 Å². The highest BCUT2D eigenvalue weighted by molar-refractivity contribution is 6.30. The molecule has 0 amide bonds. The number of nitrogens with one attached hydrogen (secondary N) is 2. The summed E-state index contributed by atoms with van der Waals surface area (Å²) in [5, 5.41) is 0.803. The molecular weight excluding hydrogens is 172 g/mol. The molecule has 3 heteroatoms. The van der Waals surface area contributed by atoms with Crippen molar-refractivity contribution < 1.29 is 0 Å². The minimum Gasteiger partial charge on any atom is -0.257 e. The van der Waals surface area contributed by atoms with Gasteiger partial charge >= 0.3 is 0 Å². The Hall–Kier alpha value is -0.570. The molecule has 0 radical (unpaired) electrons. The summed E-state index contributed by atoms with van der Waals surface area (Å²) < 4.78 is 0. The lowest BCUT2D eigenvalue weighted by atomic mass is 10.0. The van der Waals surface area contributed by atoms with E-state index in [1.165, 1.54) is 5.56 Å². The Kier molecular flexibility index (Phi) is 2.30. The largest absolute Gasteiger partial charge is 0.257 e. The zero-order chi connectivity index (χ0) is 8.39. The van der Waals surface area contributed by atoms with Gasteiger partial charge in [0, 0.05) is 24.0 Å². The first-order chi connectivity index (χ1) is 5.86. The molecule has 1 heterocycles. The second-order valence-corrected chi connectivity index (χ2v) is 3.45. The first-order valence-electron chi connectivity index (χ1n) is 4.07. The highest BCUT2D eigenvalue weighted by Crippen LogP contribution is 2.18. The Labute approximate surface area is 76.9 Å². The molecule has 2 rings (SSSR count). The van der Waals surface area contributed by atoms with Gasteiger partial charge in [0.15, 0.2) is 0 Å². The van der Waals surface area contributed by atoms with Crippen molar-refractivity contribution in [1.82, 2.24) is 10.9 Å². The Morgan fingerprint density at radius 1 is 1.08 bits per heavy atom. The number of hydrogen-bond acceptors (Lipinski definition) is 2. The molecule has 0 spiro atoms. The minimum atomic E-state index is 0.585. The van der Waals surface area contributed by atoms with Gasteiger partial charge in [-0.25, -0.2) is 0 Å². The van der Waals surface area contributed by atoms with Gasteiger partial charge in [0.1, 0.15) is 0 Å². The minimum absolute atomic E-state index is 0.585. The van der Waals surface area contributed by atoms with Crippen LogP contribution in [-0.4, -0.2) is 13.1 Å². The van der Waals surface area contributed by atoms with E-state index in [1.807, 2.05) is 12.1 Å². The maximum atomic E-state index is 5.79. The number of hydrazine groups is 1. The van der Waals surface area contributed by atoms with Crippen molar-refractivity contribution >= 4 is 11.6 Å². The first kappa shape index (κ1) is 8.05. The molecule has 64 valence electrons. The van der Waals surface area contributed by atoms with Crippen molar-refractivity contribution in [2.45, 2.75) is 5.92 Å². The van der Waals surface area contributed by atoms with Crippen LogP contribution >= 0.6 is 11.6 Å². The number of halogens is 1. The fourth-order valence-corrected chi connectivity index (χ4v) is 1.56. The number of rotatable bonds is 1. The van der Waals surface area contributed by atoms with Gasteiger partial charge in [-0.15, -0.1) is 0 Å². The molecule has 0 unspecified atom stereocenters. The summed E-state index contributed by atoms with van der Waals surface area (Å²) in [6.07, 6.45) is 0. The predicted octanol–water partition coefficient (Wildman–Crippen LogP) is 1.53. The van der Waals surface area contributed by atoms with E-state index in [9.17, 15) is 0 Å². The van der Waals surface area contributed by atoms with Gasteiger partial charge in [0.05, 0.1) is 0 Å². The topological polar surface area (TPSA) is 24.1 Å². The van der Waals surface area contributed by atoms with Crippen molar-refractivity contribution in [2.24, 2.45) is 0 Å². The summed E-state index contributed by atoms with van der Waals surface area (Å²) in [7, 11) is 0. The Morgan fingerprint density at radius 2 is 1.67 bits per heavy atom. The van der Waals surface area contributed by atoms with Gasteiger partial charge in [-0.05, 0) is 17.7 Å². The Bertz CT molecular complexity index is 252. The van der Waals surface area contributed by atoms with Crippen molar-refractivity contribution in [1.29, 1.82) is 0 Å². The molecule has 0 aromatic heterocycles. The molecule has 0 saturated carbocycles. The predicted molar refractivity (Wildman–Crippen MR) is 50.2 cm³/mol. The van der Waals surface area contributed by atoms with E-state index >= 15 is 0 Å². The average molecular weight is 183 g/mol. The molecule has 0 bridgehead atoms. The van der Waals surface area contributed by atoms with Gasteiger partial charge in [-0.1, -0.05) is 23.7 Å². The molecule has 0 aliphatic carbocycles. The van der Waals surface area contributed by atoms with Crippen LogP contribution in [0.2, 0.25) is 5.02 Å². The molecule has 1 aromatic carbocycles. The molecule has 1 aromatic rings. The third-order valence-electron chi connectivity index (χ3n) is 2.16. The molecule has 1 saturated heterocycles. The van der Waals surface area contributed by atoms with Gasteiger partial charge in [0.25, 0.3) is 0 Å².